The molecule has 0 saturated carbocycles. The van der Waals surface area contributed by atoms with Gasteiger partial charge in [-0.25, -0.2) is 17.7 Å². The topological polar surface area (TPSA) is 104 Å². The van der Waals surface area contributed by atoms with Gasteiger partial charge >= 0.3 is 0 Å². The molecule has 0 saturated heterocycles. The first-order chi connectivity index (χ1) is 7.77. The second-order valence-electron chi connectivity index (χ2n) is 3.17. The van der Waals surface area contributed by atoms with Crippen molar-refractivity contribution in [3.63, 3.8) is 0 Å². The van der Waals surface area contributed by atoms with E-state index in [-0.39, 0.29) is 11.3 Å². The second-order valence-corrected chi connectivity index (χ2v) is 6.45. The summed E-state index contributed by atoms with van der Waals surface area (Å²) in [5.74, 6) is 0. The Morgan fingerprint density at radius 1 is 1.18 bits per heavy atom. The van der Waals surface area contributed by atoms with Crippen LogP contribution in [0.1, 0.15) is 6.42 Å². The molecule has 6 nitrogen and oxygen atoms in total. The van der Waals surface area contributed by atoms with Crippen LogP contribution in [0.25, 0.3) is 0 Å². The second kappa shape index (κ2) is 5.13. The van der Waals surface area contributed by atoms with Crippen molar-refractivity contribution >= 4 is 20.1 Å². The number of rotatable bonds is 5. The number of hydrogen-bond donors (Lipinski definition) is 1. The Morgan fingerprint density at radius 2 is 1.71 bits per heavy atom. The SMILES string of the molecule is [CH2]CC(OS(=O)(=O)c1ccccc1)S(N)(=O)=O. The predicted octanol–water partition coefficient (Wildman–Crippen LogP) is 0.231. The van der Waals surface area contributed by atoms with E-state index in [0.717, 1.165) is 0 Å². The third-order valence-electron chi connectivity index (χ3n) is 1.87. The van der Waals surface area contributed by atoms with Crippen LogP contribution in [0.3, 0.4) is 0 Å². The Bertz CT molecular complexity index is 565. The van der Waals surface area contributed by atoms with E-state index in [1.54, 1.807) is 6.07 Å². The minimum atomic E-state index is -4.15. The first-order valence-electron chi connectivity index (χ1n) is 4.56. The smallest absolute Gasteiger partial charge is 0.245 e. The molecule has 0 aliphatic heterocycles. The van der Waals surface area contributed by atoms with E-state index in [4.69, 9.17) is 5.14 Å². The molecule has 1 aromatic rings. The van der Waals surface area contributed by atoms with Crippen LogP contribution in [-0.4, -0.2) is 22.3 Å². The lowest BCUT2D eigenvalue weighted by molar-refractivity contribution is 0.280. The van der Waals surface area contributed by atoms with Gasteiger partial charge in [-0.1, -0.05) is 18.2 Å². The van der Waals surface area contributed by atoms with Gasteiger partial charge in [-0.2, -0.15) is 8.42 Å². The summed E-state index contributed by atoms with van der Waals surface area (Å²) >= 11 is 0. The summed E-state index contributed by atoms with van der Waals surface area (Å²) in [6, 6.07) is 7.19. The van der Waals surface area contributed by atoms with Gasteiger partial charge in [0.05, 0.1) is 4.90 Å². The first-order valence-corrected chi connectivity index (χ1v) is 7.58. The monoisotopic (exact) mass is 278 g/mol. The fourth-order valence-electron chi connectivity index (χ4n) is 1.05. The van der Waals surface area contributed by atoms with Crippen LogP contribution in [-0.2, 0) is 24.3 Å². The maximum Gasteiger partial charge on any atom is 0.298 e. The normalized spacial score (nSPS) is 14.5. The zero-order valence-corrected chi connectivity index (χ0v) is 10.4. The van der Waals surface area contributed by atoms with Gasteiger partial charge in [0.2, 0.25) is 10.0 Å². The minimum Gasteiger partial charge on any atom is -0.245 e. The van der Waals surface area contributed by atoms with Crippen LogP contribution < -0.4 is 5.14 Å². The van der Waals surface area contributed by atoms with Crippen molar-refractivity contribution in [1.29, 1.82) is 0 Å². The largest absolute Gasteiger partial charge is 0.298 e. The highest BCUT2D eigenvalue weighted by molar-refractivity contribution is 7.91. The Morgan fingerprint density at radius 3 is 2.12 bits per heavy atom. The van der Waals surface area contributed by atoms with Crippen molar-refractivity contribution < 1.29 is 21.0 Å². The molecule has 0 spiro atoms. The highest BCUT2D eigenvalue weighted by Gasteiger charge is 2.28. The quantitative estimate of drug-likeness (QED) is 0.776. The van der Waals surface area contributed by atoms with Crippen molar-refractivity contribution in [3.05, 3.63) is 37.3 Å². The fourth-order valence-corrected chi connectivity index (χ4v) is 3.11. The van der Waals surface area contributed by atoms with Gasteiger partial charge in [-0.05, 0) is 25.5 Å². The van der Waals surface area contributed by atoms with Crippen molar-refractivity contribution in [2.75, 3.05) is 0 Å². The Kier molecular flexibility index (Phi) is 4.26. The third-order valence-corrected chi connectivity index (χ3v) is 4.39. The summed E-state index contributed by atoms with van der Waals surface area (Å²) in [4.78, 5) is -0.137. The van der Waals surface area contributed by atoms with Crippen LogP contribution in [0.2, 0.25) is 0 Å². The van der Waals surface area contributed by atoms with Gasteiger partial charge in [-0.3, -0.25) is 0 Å². The van der Waals surface area contributed by atoms with E-state index in [0.29, 0.717) is 0 Å². The van der Waals surface area contributed by atoms with Crippen molar-refractivity contribution in [2.45, 2.75) is 16.8 Å². The van der Waals surface area contributed by atoms with E-state index < -0.39 is 25.6 Å². The summed E-state index contributed by atoms with van der Waals surface area (Å²) in [5, 5.41) is 4.82. The Labute approximate surface area is 101 Å². The fraction of sp³-hybridized carbons (Fsp3) is 0.222. The van der Waals surface area contributed by atoms with Gasteiger partial charge in [-0.15, -0.1) is 0 Å². The summed E-state index contributed by atoms with van der Waals surface area (Å²) in [6.45, 7) is 3.28. The van der Waals surface area contributed by atoms with Gasteiger partial charge in [0, 0.05) is 0 Å². The number of primary sulfonamides is 1. The highest BCUT2D eigenvalue weighted by atomic mass is 32.2. The molecule has 1 atom stereocenters. The molecule has 8 heteroatoms. The maximum atomic E-state index is 11.7. The number of hydrogen-bond acceptors (Lipinski definition) is 5. The summed E-state index contributed by atoms with van der Waals surface area (Å²) < 4.78 is 49.9. The predicted molar refractivity (Wildman–Crippen MR) is 61.6 cm³/mol. The molecule has 17 heavy (non-hydrogen) atoms. The van der Waals surface area contributed by atoms with Crippen LogP contribution in [0, 0.1) is 6.92 Å². The average Bonchev–Trinajstić information content (AvgIpc) is 2.25. The summed E-state index contributed by atoms with van der Waals surface area (Å²) in [5.41, 5.74) is -1.67. The molecule has 0 aliphatic carbocycles. The molecule has 95 valence electrons. The molecule has 2 N–H and O–H groups in total. The van der Waals surface area contributed by atoms with E-state index in [9.17, 15) is 16.8 Å². The molecule has 0 amide bonds. The molecule has 0 bridgehead atoms. The Balaban J connectivity index is 3.03. The lowest BCUT2D eigenvalue weighted by Gasteiger charge is -2.13. The number of benzene rings is 1. The average molecular weight is 278 g/mol. The molecule has 1 unspecified atom stereocenters. The van der Waals surface area contributed by atoms with E-state index in [1.165, 1.54) is 24.3 Å². The highest BCUT2D eigenvalue weighted by Crippen LogP contribution is 2.16. The first kappa shape index (κ1) is 14.1. The molecule has 0 heterocycles. The molecule has 0 aliphatic rings. The van der Waals surface area contributed by atoms with Crippen LogP contribution >= 0.6 is 0 Å². The molecule has 1 rings (SSSR count). The van der Waals surface area contributed by atoms with Gasteiger partial charge in [0.15, 0.2) is 5.44 Å². The van der Waals surface area contributed by atoms with Crippen molar-refractivity contribution in [2.24, 2.45) is 5.14 Å². The molecule has 0 fully saturated rings. The maximum absolute atomic E-state index is 11.7. The summed E-state index contributed by atoms with van der Waals surface area (Å²) in [7, 11) is -8.27. The van der Waals surface area contributed by atoms with Crippen molar-refractivity contribution in [1.82, 2.24) is 0 Å². The molecule has 1 aromatic carbocycles. The van der Waals surface area contributed by atoms with Gasteiger partial charge in [0.25, 0.3) is 10.1 Å². The minimum absolute atomic E-state index is 0.137. The van der Waals surface area contributed by atoms with Gasteiger partial charge < -0.3 is 0 Å². The van der Waals surface area contributed by atoms with Crippen LogP contribution in [0.15, 0.2) is 35.2 Å². The van der Waals surface area contributed by atoms with E-state index >= 15 is 0 Å². The number of sulfonamides is 1. The molecule has 1 radical (unpaired) electrons. The number of nitrogens with two attached hydrogens (primary N) is 1. The van der Waals surface area contributed by atoms with Crippen LogP contribution in [0.5, 0.6) is 0 Å². The molecule has 0 aromatic heterocycles. The van der Waals surface area contributed by atoms with Crippen LogP contribution in [0.4, 0.5) is 0 Å². The van der Waals surface area contributed by atoms with E-state index in [2.05, 4.69) is 11.1 Å². The molecular formula is C9H12NO5S2. The lowest BCUT2D eigenvalue weighted by Crippen LogP contribution is -2.32. The Hall–Kier alpha value is -0.960. The third kappa shape index (κ3) is 3.77. The standard InChI is InChI=1S/C9H12NO5S2/c1-2-9(16(10,11)12)15-17(13,14)8-6-4-3-5-7-8/h3-7,9H,1-2H2,(H2,10,11,12). The van der Waals surface area contributed by atoms with Gasteiger partial charge in [0.1, 0.15) is 0 Å². The molecular weight excluding hydrogens is 266 g/mol. The van der Waals surface area contributed by atoms with E-state index in [1.807, 2.05) is 0 Å². The zero-order chi connectivity index (χ0) is 13.1. The lowest BCUT2D eigenvalue weighted by atomic mass is 10.4. The van der Waals surface area contributed by atoms with Crippen molar-refractivity contribution in [3.8, 4) is 0 Å². The summed E-state index contributed by atoms with van der Waals surface area (Å²) in [6.07, 6.45) is -0.301. The zero-order valence-electron chi connectivity index (χ0n) is 8.81.